The number of halogens is 2. The molecule has 0 aliphatic carbocycles. The van der Waals surface area contributed by atoms with E-state index >= 15 is 0 Å². The first-order valence-electron chi connectivity index (χ1n) is 14.0. The number of hydrogen-bond acceptors (Lipinski definition) is 5. The Morgan fingerprint density at radius 3 is 2.44 bits per heavy atom. The topological polar surface area (TPSA) is 96.4 Å². The average Bonchev–Trinajstić information content (AvgIpc) is 2.99. The third kappa shape index (κ3) is 6.21. The highest BCUT2D eigenvalue weighted by atomic mass is 19.1. The second-order valence-electron chi connectivity index (χ2n) is 10.7. The number of rotatable bonds is 8. The molecule has 2 N–H and O–H groups in total. The third-order valence-electron chi connectivity index (χ3n) is 7.83. The van der Waals surface area contributed by atoms with E-state index in [0.29, 0.717) is 5.56 Å². The molecular weight excluding hydrogens is 556 g/mol. The monoisotopic (exact) mass is 589 g/mol. The van der Waals surface area contributed by atoms with E-state index in [2.05, 4.69) is 11.9 Å². The van der Waals surface area contributed by atoms with Crippen LogP contribution in [0, 0.1) is 11.6 Å². The van der Waals surface area contributed by atoms with Crippen molar-refractivity contribution in [3.05, 3.63) is 114 Å². The van der Waals surface area contributed by atoms with Crippen LogP contribution in [0.5, 0.6) is 5.75 Å². The van der Waals surface area contributed by atoms with E-state index in [4.69, 9.17) is 0 Å². The van der Waals surface area contributed by atoms with Crippen molar-refractivity contribution >= 4 is 17.8 Å². The Morgan fingerprint density at radius 1 is 1.05 bits per heavy atom. The van der Waals surface area contributed by atoms with Gasteiger partial charge in [-0.15, -0.1) is 6.58 Å². The van der Waals surface area contributed by atoms with Gasteiger partial charge < -0.3 is 20.2 Å². The summed E-state index contributed by atoms with van der Waals surface area (Å²) in [6.45, 7) is 5.54. The number of amides is 4. The molecule has 0 radical (unpaired) electrons. The molecule has 5 rings (SSSR count). The number of phenolic OH excluding ortho intramolecular Hbond substituents is 1. The molecule has 224 valence electrons. The Kier molecular flexibility index (Phi) is 8.72. The van der Waals surface area contributed by atoms with Crippen LogP contribution in [0.4, 0.5) is 13.6 Å². The molecule has 0 saturated carbocycles. The highest BCUT2D eigenvalue weighted by molar-refractivity contribution is 5.92. The summed E-state index contributed by atoms with van der Waals surface area (Å²) in [6.07, 6.45) is 0.732. The molecule has 9 nitrogen and oxygen atoms in total. The van der Waals surface area contributed by atoms with Gasteiger partial charge in [0.1, 0.15) is 29.6 Å². The molecular formula is C32H33F2N5O4. The van der Waals surface area contributed by atoms with Gasteiger partial charge in [0, 0.05) is 37.7 Å². The van der Waals surface area contributed by atoms with Crippen molar-refractivity contribution < 1.29 is 28.3 Å². The molecule has 2 aliphatic heterocycles. The lowest BCUT2D eigenvalue weighted by Crippen LogP contribution is -2.79. The zero-order valence-electron chi connectivity index (χ0n) is 23.7. The van der Waals surface area contributed by atoms with Crippen molar-refractivity contribution in [2.45, 2.75) is 44.7 Å². The number of aromatic hydroxyl groups is 1. The Hall–Kier alpha value is -4.77. The fraction of sp³-hybridized carbons (Fsp3) is 0.281. The van der Waals surface area contributed by atoms with E-state index in [9.17, 15) is 28.3 Å². The molecule has 2 fully saturated rings. The molecule has 3 aromatic carbocycles. The maximum absolute atomic E-state index is 14.8. The SMILES string of the molecule is C=CCN1CC(=O)N2[C@@H](Cc3ccc(O)cc3)C(=O)N(Cc3ccc(F)cc3F)C(C)[C@@H]2N1C(=O)NCc1ccccc1. The second-order valence-corrected chi connectivity index (χ2v) is 10.7. The molecule has 0 spiro atoms. The fourth-order valence-electron chi connectivity index (χ4n) is 5.71. The highest BCUT2D eigenvalue weighted by Gasteiger charge is 2.54. The lowest BCUT2D eigenvalue weighted by Gasteiger charge is -2.57. The third-order valence-corrected chi connectivity index (χ3v) is 7.83. The summed E-state index contributed by atoms with van der Waals surface area (Å²) in [4.78, 5) is 44.6. The van der Waals surface area contributed by atoms with Crippen LogP contribution in [0.3, 0.4) is 0 Å². The number of phenols is 1. The first kappa shape index (κ1) is 29.7. The maximum Gasteiger partial charge on any atom is 0.334 e. The number of hydrazine groups is 1. The van der Waals surface area contributed by atoms with Gasteiger partial charge in [-0.3, -0.25) is 9.59 Å². The quantitative estimate of drug-likeness (QED) is 0.390. The highest BCUT2D eigenvalue weighted by Crippen LogP contribution is 2.33. The number of hydrogen-bond donors (Lipinski definition) is 2. The van der Waals surface area contributed by atoms with Gasteiger partial charge in [-0.05, 0) is 36.2 Å². The van der Waals surface area contributed by atoms with Crippen LogP contribution >= 0.6 is 0 Å². The number of fused-ring (bicyclic) bond motifs is 1. The van der Waals surface area contributed by atoms with Crippen LogP contribution < -0.4 is 5.32 Å². The lowest BCUT2D eigenvalue weighted by atomic mass is 9.94. The number of nitrogens with one attached hydrogen (secondary N) is 1. The summed E-state index contributed by atoms with van der Waals surface area (Å²) in [5.41, 5.74) is 1.66. The molecule has 0 bridgehead atoms. The Morgan fingerprint density at radius 2 is 1.77 bits per heavy atom. The van der Waals surface area contributed by atoms with Gasteiger partial charge in [-0.2, -0.15) is 0 Å². The minimum absolute atomic E-state index is 0.0500. The van der Waals surface area contributed by atoms with Gasteiger partial charge in [-0.1, -0.05) is 54.6 Å². The largest absolute Gasteiger partial charge is 0.508 e. The molecule has 2 aliphatic rings. The summed E-state index contributed by atoms with van der Waals surface area (Å²) in [5, 5.41) is 15.7. The average molecular weight is 590 g/mol. The van der Waals surface area contributed by atoms with E-state index in [1.54, 1.807) is 30.1 Å². The van der Waals surface area contributed by atoms with Crippen LogP contribution in [-0.2, 0) is 29.1 Å². The number of piperazine rings is 1. The van der Waals surface area contributed by atoms with Crippen molar-refractivity contribution in [1.82, 2.24) is 25.1 Å². The molecule has 0 aromatic heterocycles. The summed E-state index contributed by atoms with van der Waals surface area (Å²) in [7, 11) is 0. The first-order chi connectivity index (χ1) is 20.7. The van der Waals surface area contributed by atoms with Crippen LogP contribution in [0.25, 0.3) is 0 Å². The maximum atomic E-state index is 14.8. The van der Waals surface area contributed by atoms with Crippen LogP contribution in [-0.4, -0.2) is 74.1 Å². The van der Waals surface area contributed by atoms with Crippen molar-refractivity contribution in [2.24, 2.45) is 0 Å². The van der Waals surface area contributed by atoms with Crippen molar-refractivity contribution in [3.63, 3.8) is 0 Å². The summed E-state index contributed by atoms with van der Waals surface area (Å²) < 4.78 is 28.5. The molecule has 3 atom stereocenters. The van der Waals surface area contributed by atoms with E-state index in [0.717, 1.165) is 17.7 Å². The van der Waals surface area contributed by atoms with Crippen LogP contribution in [0.2, 0.25) is 0 Å². The van der Waals surface area contributed by atoms with Gasteiger partial charge >= 0.3 is 6.03 Å². The minimum Gasteiger partial charge on any atom is -0.508 e. The van der Waals surface area contributed by atoms with E-state index in [1.807, 2.05) is 30.3 Å². The number of carbonyl (C=O) groups excluding carboxylic acids is 3. The second kappa shape index (κ2) is 12.6. The van der Waals surface area contributed by atoms with Gasteiger partial charge in [-0.25, -0.2) is 23.6 Å². The van der Waals surface area contributed by atoms with E-state index in [1.165, 1.54) is 33.0 Å². The standard InChI is InChI=1S/C32H33F2N5O4/c1-3-15-36-20-29(41)38-28(16-22-9-13-26(40)14-10-22)31(42)37(19-24-11-12-25(33)17-27(24)34)21(2)30(38)39(36)32(43)35-18-23-7-5-4-6-8-23/h3-14,17,21,28,30,40H,1,15-16,18-20H2,2H3,(H,35,43)/t21?,28-,30-/m0/s1. The Bertz CT molecular complexity index is 1500. The molecule has 11 heteroatoms. The zero-order chi connectivity index (χ0) is 30.7. The number of nitrogens with zero attached hydrogens (tertiary/aromatic N) is 4. The van der Waals surface area contributed by atoms with Gasteiger partial charge in [0.15, 0.2) is 0 Å². The predicted molar refractivity (Wildman–Crippen MR) is 155 cm³/mol. The summed E-state index contributed by atoms with van der Waals surface area (Å²) >= 11 is 0. The van der Waals surface area contributed by atoms with Crippen molar-refractivity contribution in [1.29, 1.82) is 0 Å². The lowest BCUT2D eigenvalue weighted by molar-refractivity contribution is -0.198. The number of benzene rings is 3. The fourth-order valence-corrected chi connectivity index (χ4v) is 5.71. The first-order valence-corrected chi connectivity index (χ1v) is 14.0. The van der Waals surface area contributed by atoms with E-state index in [-0.39, 0.29) is 49.8 Å². The van der Waals surface area contributed by atoms with Crippen LogP contribution in [0.15, 0.2) is 85.5 Å². The molecule has 4 amide bonds. The number of carbonyl (C=O) groups is 3. The van der Waals surface area contributed by atoms with Crippen molar-refractivity contribution in [2.75, 3.05) is 13.1 Å². The smallest absolute Gasteiger partial charge is 0.334 e. The molecule has 2 saturated heterocycles. The van der Waals surface area contributed by atoms with E-state index < -0.39 is 41.8 Å². The Balaban J connectivity index is 1.54. The molecule has 2 heterocycles. The normalized spacial score (nSPS) is 20.6. The predicted octanol–water partition coefficient (Wildman–Crippen LogP) is 3.80. The molecule has 1 unspecified atom stereocenters. The number of urea groups is 1. The summed E-state index contributed by atoms with van der Waals surface area (Å²) in [6, 6.07) is 16.5. The van der Waals surface area contributed by atoms with Crippen LogP contribution in [0.1, 0.15) is 23.6 Å². The van der Waals surface area contributed by atoms with Gasteiger partial charge in [0.05, 0.1) is 12.6 Å². The van der Waals surface area contributed by atoms with Crippen molar-refractivity contribution in [3.8, 4) is 5.75 Å². The zero-order valence-corrected chi connectivity index (χ0v) is 23.7. The van der Waals surface area contributed by atoms with Gasteiger partial charge in [0.25, 0.3) is 0 Å². The van der Waals surface area contributed by atoms with Gasteiger partial charge in [0.2, 0.25) is 11.8 Å². The molecule has 3 aromatic rings. The minimum atomic E-state index is -1.03. The summed E-state index contributed by atoms with van der Waals surface area (Å²) in [5.74, 6) is -2.28. The Labute approximate surface area is 248 Å². The molecule has 43 heavy (non-hydrogen) atoms.